The van der Waals surface area contributed by atoms with E-state index in [9.17, 15) is 19.8 Å². The Hall–Kier alpha value is -5.58. The number of amides is 2. The van der Waals surface area contributed by atoms with E-state index in [0.29, 0.717) is 43.2 Å². The zero-order valence-electron chi connectivity index (χ0n) is 43.2. The van der Waals surface area contributed by atoms with Crippen LogP contribution in [0.25, 0.3) is 22.5 Å². The first kappa shape index (κ1) is 58.6. The van der Waals surface area contributed by atoms with Crippen LogP contribution < -0.4 is 20.1 Å². The Balaban J connectivity index is 0.633. The van der Waals surface area contributed by atoms with Crippen LogP contribution in [0.2, 0.25) is 20.1 Å². The van der Waals surface area contributed by atoms with Crippen LogP contribution in [0.5, 0.6) is 11.8 Å². The Labute approximate surface area is 473 Å². The Bertz CT molecular complexity index is 2790. The summed E-state index contributed by atoms with van der Waals surface area (Å²) < 4.78 is 33.9. The first-order valence-electron chi connectivity index (χ1n) is 25.5. The molecular formula is C56H62Cl4N8O10. The number of hydrogen-bond acceptors (Lipinski definition) is 16. The molecule has 0 bridgehead atoms. The van der Waals surface area contributed by atoms with Gasteiger partial charge in [-0.05, 0) is 83.9 Å². The number of aliphatic hydroxyl groups excluding tert-OH is 2. The van der Waals surface area contributed by atoms with E-state index in [4.69, 9.17) is 74.8 Å². The van der Waals surface area contributed by atoms with Gasteiger partial charge in [-0.1, -0.05) is 82.8 Å². The molecule has 2 aromatic heterocycles. The van der Waals surface area contributed by atoms with Crippen molar-refractivity contribution in [3.63, 3.8) is 0 Å². The molecule has 0 saturated heterocycles. The van der Waals surface area contributed by atoms with Gasteiger partial charge in [0.15, 0.2) is 12.2 Å². The van der Waals surface area contributed by atoms with E-state index in [0.717, 1.165) is 70.7 Å². The predicted molar refractivity (Wildman–Crippen MR) is 297 cm³/mol. The van der Waals surface area contributed by atoms with Gasteiger partial charge in [-0.3, -0.25) is 9.59 Å². The molecule has 2 aliphatic rings. The second-order valence-electron chi connectivity index (χ2n) is 18.8. The summed E-state index contributed by atoms with van der Waals surface area (Å²) in [4.78, 5) is 46.8. The fraction of sp³-hybridized carbons (Fsp3) is 0.393. The molecule has 0 fully saturated rings. The number of nitrogens with zero attached hydrogens (tertiary/aromatic N) is 6. The highest BCUT2D eigenvalue weighted by atomic mass is 35.5. The van der Waals surface area contributed by atoms with Gasteiger partial charge >= 0.3 is 0 Å². The summed E-state index contributed by atoms with van der Waals surface area (Å²) in [7, 11) is 4.16. The monoisotopic (exact) mass is 1150 g/mol. The largest absolute Gasteiger partial charge is 0.475 e. The highest BCUT2D eigenvalue weighted by Gasteiger charge is 2.31. The number of fused-ring (bicyclic) bond motifs is 2. The second-order valence-corrected chi connectivity index (χ2v) is 20.4. The maximum absolute atomic E-state index is 12.4. The Kier molecular flexibility index (Phi) is 21.8. The normalized spacial score (nSPS) is 16.2. The summed E-state index contributed by atoms with van der Waals surface area (Å²) in [5, 5.41) is 27.9. The predicted octanol–water partition coefficient (Wildman–Crippen LogP) is 6.85. The van der Waals surface area contributed by atoms with E-state index in [1.807, 2.05) is 36.4 Å². The minimum atomic E-state index is -1.99. The van der Waals surface area contributed by atoms with Crippen molar-refractivity contribution in [1.82, 2.24) is 40.4 Å². The number of carbonyl (C=O) groups excluding carboxylic acids is 2. The van der Waals surface area contributed by atoms with Crippen LogP contribution in [-0.2, 0) is 41.6 Å². The van der Waals surface area contributed by atoms with Gasteiger partial charge in [-0.25, -0.2) is 19.9 Å². The average molecular weight is 1150 g/mol. The highest BCUT2D eigenvalue weighted by molar-refractivity contribution is 6.35. The summed E-state index contributed by atoms with van der Waals surface area (Å²) >= 11 is 26.0. The van der Waals surface area contributed by atoms with Gasteiger partial charge in [0.2, 0.25) is 11.8 Å². The van der Waals surface area contributed by atoms with Crippen molar-refractivity contribution in [1.29, 1.82) is 0 Å². The SMILES string of the molecule is CN1Cc2c(Cl)cc(Cl)cc2[C@H](c2cccc(-c3cc(OCCOCCOCCNC(=O)[C@H](O)[C@@H](O)C(=O)NCCOCCOCCOc4cc(-c5cccc([C@@H]6CN(C)Cc7c(Cl)cc(Cl)cc76)c5)ncn4)ncn3)c2)C1. The third kappa shape index (κ3) is 16.3. The van der Waals surface area contributed by atoms with Gasteiger partial charge in [-0.2, -0.15) is 0 Å². The van der Waals surface area contributed by atoms with Crippen LogP contribution in [0, 0.1) is 0 Å². The Morgan fingerprint density at radius 2 is 0.949 bits per heavy atom. The van der Waals surface area contributed by atoms with Crippen LogP contribution >= 0.6 is 46.4 Å². The van der Waals surface area contributed by atoms with Crippen LogP contribution in [0.4, 0.5) is 0 Å². The quantitative estimate of drug-likeness (QED) is 0.0389. The minimum Gasteiger partial charge on any atom is -0.475 e. The fourth-order valence-electron chi connectivity index (χ4n) is 9.29. The second kappa shape index (κ2) is 29.0. The number of benzene rings is 4. The lowest BCUT2D eigenvalue weighted by molar-refractivity contribution is -0.146. The number of carbonyl (C=O) groups is 2. The van der Waals surface area contributed by atoms with Crippen molar-refractivity contribution in [2.24, 2.45) is 0 Å². The molecule has 4 heterocycles. The molecule has 0 radical (unpaired) electrons. The molecule has 0 aliphatic carbocycles. The Morgan fingerprint density at radius 3 is 1.37 bits per heavy atom. The molecule has 4 atom stereocenters. The summed E-state index contributed by atoms with van der Waals surface area (Å²) in [6.07, 6.45) is -1.06. The lowest BCUT2D eigenvalue weighted by atomic mass is 9.84. The maximum atomic E-state index is 12.4. The van der Waals surface area contributed by atoms with E-state index >= 15 is 0 Å². The summed E-state index contributed by atoms with van der Waals surface area (Å²) in [5.74, 6) is -0.877. The third-order valence-electron chi connectivity index (χ3n) is 13.1. The third-order valence-corrected chi connectivity index (χ3v) is 14.2. The van der Waals surface area contributed by atoms with Gasteiger partial charge < -0.3 is 59.1 Å². The number of nitrogens with one attached hydrogen (secondary N) is 2. The van der Waals surface area contributed by atoms with Gasteiger partial charge in [0, 0.05) is 94.5 Å². The average Bonchev–Trinajstić information content (AvgIpc) is 3.47. The molecule has 0 saturated carbocycles. The number of hydrogen-bond donors (Lipinski definition) is 4. The number of aliphatic hydroxyl groups is 2. The summed E-state index contributed by atoms with van der Waals surface area (Å²) in [6.45, 7) is 5.41. The number of likely N-dealkylation sites (N-methyl/N-ethyl adjacent to an activating group) is 2. The topological polar surface area (TPSA) is 212 Å². The molecule has 78 heavy (non-hydrogen) atoms. The maximum Gasteiger partial charge on any atom is 0.252 e. The van der Waals surface area contributed by atoms with Crippen LogP contribution in [-0.4, -0.2) is 170 Å². The zero-order valence-corrected chi connectivity index (χ0v) is 46.2. The molecule has 18 nitrogen and oxygen atoms in total. The van der Waals surface area contributed by atoms with Crippen LogP contribution in [0.15, 0.2) is 97.6 Å². The summed E-state index contributed by atoms with van der Waals surface area (Å²) in [6, 6.07) is 27.6. The van der Waals surface area contributed by atoms with E-state index in [1.54, 1.807) is 24.3 Å². The van der Waals surface area contributed by atoms with Crippen molar-refractivity contribution >= 4 is 58.2 Å². The molecule has 0 spiro atoms. The van der Waals surface area contributed by atoms with Gasteiger partial charge in [0.05, 0.1) is 64.2 Å². The number of halogens is 4. The molecule has 2 amide bonds. The smallest absolute Gasteiger partial charge is 0.252 e. The van der Waals surface area contributed by atoms with Crippen molar-refractivity contribution in [3.8, 4) is 34.3 Å². The van der Waals surface area contributed by atoms with Crippen molar-refractivity contribution in [3.05, 3.63) is 151 Å². The lowest BCUT2D eigenvalue weighted by Gasteiger charge is -2.33. The fourth-order valence-corrected chi connectivity index (χ4v) is 10.4. The highest BCUT2D eigenvalue weighted by Crippen LogP contribution is 2.41. The molecule has 4 N–H and O–H groups in total. The molecule has 22 heteroatoms. The van der Waals surface area contributed by atoms with Crippen LogP contribution in [0.3, 0.4) is 0 Å². The van der Waals surface area contributed by atoms with E-state index in [2.05, 4.69) is 78.7 Å². The molecule has 4 aromatic carbocycles. The molecule has 0 unspecified atom stereocenters. The number of ether oxygens (including phenoxy) is 6. The zero-order chi connectivity index (χ0) is 55.0. The minimum absolute atomic E-state index is 0.0293. The van der Waals surface area contributed by atoms with E-state index < -0.39 is 24.0 Å². The number of aromatic nitrogens is 4. The van der Waals surface area contributed by atoms with Crippen LogP contribution in [0.1, 0.15) is 45.2 Å². The van der Waals surface area contributed by atoms with Crippen molar-refractivity contribution in [2.75, 3.05) is 106 Å². The van der Waals surface area contributed by atoms with Gasteiger partial charge in [0.1, 0.15) is 25.9 Å². The molecule has 414 valence electrons. The molecule has 8 rings (SSSR count). The molecular weight excluding hydrogens is 1090 g/mol. The first-order valence-corrected chi connectivity index (χ1v) is 27.0. The Morgan fingerprint density at radius 1 is 0.551 bits per heavy atom. The van der Waals surface area contributed by atoms with E-state index in [-0.39, 0.29) is 91.0 Å². The van der Waals surface area contributed by atoms with Crippen molar-refractivity contribution < 1.29 is 48.2 Å². The number of rotatable bonds is 27. The van der Waals surface area contributed by atoms with Gasteiger partial charge in [-0.15, -0.1) is 0 Å². The standard InChI is InChI=1S/C56H62Cl4N8O10/c1-67-29-43(41-23-39(57)25-47(59)45(41)31-67)35-5-3-7-37(21-35)49-27-51(65-33-63-49)77-19-17-75-15-13-73-11-9-61-55(71)53(69)54(70)56(72)62-10-12-74-14-16-76-18-20-78-52-28-50(64-34-66-52)38-8-4-6-36(22-38)44-30-68(2)32-46-42(44)24-40(58)26-48(46)60/h3-8,21-28,33-34,43-44,53-54,69-70H,9-20,29-32H2,1-2H3,(H,61,71)(H,62,72)/t43-,44-,53+,54+/m0/s1. The first-order chi connectivity index (χ1) is 37.8. The van der Waals surface area contributed by atoms with Crippen molar-refractivity contribution in [2.45, 2.75) is 37.1 Å². The summed E-state index contributed by atoms with van der Waals surface area (Å²) in [5.41, 5.74) is 9.94. The van der Waals surface area contributed by atoms with Gasteiger partial charge in [0.25, 0.3) is 11.8 Å². The molecule has 2 aliphatic heterocycles. The molecule has 6 aromatic rings. The van der Waals surface area contributed by atoms with E-state index in [1.165, 1.54) is 12.7 Å². The lowest BCUT2D eigenvalue weighted by Crippen LogP contribution is -2.50.